The minimum absolute atomic E-state index is 0.0163. The number of ether oxygens (including phenoxy) is 3. The quantitative estimate of drug-likeness (QED) is 0.444. The smallest absolute Gasteiger partial charge is 0.341 e. The number of benzene rings is 3. The maximum absolute atomic E-state index is 13.0. The van der Waals surface area contributed by atoms with Gasteiger partial charge in [0.15, 0.2) is 17.6 Å². The fraction of sp³-hybridized carbons (Fsp3) is 0.231. The van der Waals surface area contributed by atoms with Crippen LogP contribution in [0.15, 0.2) is 77.7 Å². The second-order valence-electron chi connectivity index (χ2n) is 8.15. The number of anilines is 1. The molecule has 0 saturated heterocycles. The van der Waals surface area contributed by atoms with Crippen molar-refractivity contribution in [2.24, 2.45) is 0 Å². The second-order valence-corrected chi connectivity index (χ2v) is 9.83. The van der Waals surface area contributed by atoms with Crippen LogP contribution in [0.25, 0.3) is 0 Å². The zero-order valence-corrected chi connectivity index (χ0v) is 20.6. The predicted molar refractivity (Wildman–Crippen MR) is 133 cm³/mol. The van der Waals surface area contributed by atoms with Gasteiger partial charge in [-0.25, -0.2) is 13.2 Å². The summed E-state index contributed by atoms with van der Waals surface area (Å²) in [5, 5.41) is 2.80. The lowest BCUT2D eigenvalue weighted by Gasteiger charge is -2.20. The summed E-state index contributed by atoms with van der Waals surface area (Å²) in [6.45, 7) is 3.97. The van der Waals surface area contributed by atoms with Crippen molar-refractivity contribution in [3.8, 4) is 11.5 Å². The molecule has 3 aromatic carbocycles. The summed E-state index contributed by atoms with van der Waals surface area (Å²) < 4.78 is 44.7. The number of fused-ring (bicyclic) bond motifs is 1. The molecule has 2 atom stereocenters. The summed E-state index contributed by atoms with van der Waals surface area (Å²) in [7, 11) is -4.07. The summed E-state index contributed by atoms with van der Waals surface area (Å²) in [6, 6.07) is 19.3. The van der Waals surface area contributed by atoms with Crippen molar-refractivity contribution >= 4 is 27.6 Å². The van der Waals surface area contributed by atoms with E-state index in [0.717, 1.165) is 5.56 Å². The summed E-state index contributed by atoms with van der Waals surface area (Å²) in [5.41, 5.74) is 0.889. The number of carbonyl (C=O) groups excluding carboxylic acids is 2. The van der Waals surface area contributed by atoms with Crippen molar-refractivity contribution < 1.29 is 32.2 Å². The normalized spacial score (nSPS) is 14.3. The minimum Gasteiger partial charge on any atom is -0.486 e. The molecule has 2 N–H and O–H groups in total. The average Bonchev–Trinajstić information content (AvgIpc) is 2.88. The van der Waals surface area contributed by atoms with Gasteiger partial charge in [0.2, 0.25) is 0 Å². The van der Waals surface area contributed by atoms with Crippen LogP contribution in [0.4, 0.5) is 5.69 Å². The van der Waals surface area contributed by atoms with Crippen LogP contribution in [0.1, 0.15) is 35.8 Å². The molecule has 0 saturated carbocycles. The Morgan fingerprint density at radius 2 is 1.56 bits per heavy atom. The average molecular weight is 511 g/mol. The number of hydrogen-bond acceptors (Lipinski definition) is 7. The molecular formula is C26H26N2O7S. The molecular weight excluding hydrogens is 484 g/mol. The Balaban J connectivity index is 1.45. The highest BCUT2D eigenvalue weighted by molar-refractivity contribution is 7.92. The first-order valence-corrected chi connectivity index (χ1v) is 12.8. The first-order valence-electron chi connectivity index (χ1n) is 11.3. The number of amides is 1. The van der Waals surface area contributed by atoms with Gasteiger partial charge in [-0.2, -0.15) is 0 Å². The number of carbonyl (C=O) groups is 2. The Kier molecular flexibility index (Phi) is 7.44. The van der Waals surface area contributed by atoms with E-state index in [2.05, 4.69) is 10.0 Å². The number of esters is 1. The lowest BCUT2D eigenvalue weighted by atomic mass is 10.1. The van der Waals surface area contributed by atoms with Crippen LogP contribution < -0.4 is 19.5 Å². The molecule has 36 heavy (non-hydrogen) atoms. The zero-order chi connectivity index (χ0) is 25.7. The summed E-state index contributed by atoms with van der Waals surface area (Å²) >= 11 is 0. The number of rotatable bonds is 8. The van der Waals surface area contributed by atoms with Crippen molar-refractivity contribution in [2.45, 2.75) is 30.9 Å². The molecule has 0 aliphatic carbocycles. The van der Waals surface area contributed by atoms with E-state index in [1.54, 1.807) is 12.1 Å². The first kappa shape index (κ1) is 25.1. The second kappa shape index (κ2) is 10.7. The van der Waals surface area contributed by atoms with E-state index in [4.69, 9.17) is 14.2 Å². The highest BCUT2D eigenvalue weighted by atomic mass is 32.2. The molecule has 0 spiro atoms. The van der Waals surface area contributed by atoms with Gasteiger partial charge in [0.25, 0.3) is 15.9 Å². The molecule has 1 aliphatic heterocycles. The van der Waals surface area contributed by atoms with Crippen molar-refractivity contribution in [1.29, 1.82) is 0 Å². The van der Waals surface area contributed by atoms with Crippen LogP contribution in [0, 0.1) is 0 Å². The Bertz CT molecular complexity index is 1360. The fourth-order valence-electron chi connectivity index (χ4n) is 3.58. The number of hydrogen-bond donors (Lipinski definition) is 2. The van der Waals surface area contributed by atoms with Crippen molar-refractivity contribution in [3.63, 3.8) is 0 Å². The van der Waals surface area contributed by atoms with Gasteiger partial charge in [0.1, 0.15) is 13.2 Å². The number of sulfonamides is 1. The maximum atomic E-state index is 13.0. The molecule has 0 radical (unpaired) electrons. The van der Waals surface area contributed by atoms with Gasteiger partial charge in [-0.1, -0.05) is 42.5 Å². The third kappa shape index (κ3) is 5.77. The summed E-state index contributed by atoms with van der Waals surface area (Å²) in [4.78, 5) is 25.4. The molecule has 4 rings (SSSR count). The molecule has 9 nitrogen and oxygen atoms in total. The maximum Gasteiger partial charge on any atom is 0.341 e. The van der Waals surface area contributed by atoms with Gasteiger partial charge >= 0.3 is 5.97 Å². The van der Waals surface area contributed by atoms with Gasteiger partial charge < -0.3 is 19.5 Å². The monoisotopic (exact) mass is 510 g/mol. The molecule has 0 bridgehead atoms. The third-order valence-corrected chi connectivity index (χ3v) is 6.89. The van der Waals surface area contributed by atoms with E-state index in [-0.39, 0.29) is 22.2 Å². The van der Waals surface area contributed by atoms with Gasteiger partial charge in [-0.3, -0.25) is 9.52 Å². The molecule has 1 heterocycles. The highest BCUT2D eigenvalue weighted by Gasteiger charge is 2.25. The molecule has 0 aromatic heterocycles. The molecule has 188 valence electrons. The Hall–Kier alpha value is -4.05. The van der Waals surface area contributed by atoms with Crippen LogP contribution in [-0.2, 0) is 19.6 Å². The highest BCUT2D eigenvalue weighted by Crippen LogP contribution is 2.33. The molecule has 1 aliphatic rings. The third-order valence-electron chi connectivity index (χ3n) is 5.53. The van der Waals surface area contributed by atoms with Gasteiger partial charge in [-0.15, -0.1) is 0 Å². The van der Waals surface area contributed by atoms with Crippen LogP contribution in [0.5, 0.6) is 11.5 Å². The Morgan fingerprint density at radius 3 is 2.31 bits per heavy atom. The van der Waals surface area contributed by atoms with Crippen molar-refractivity contribution in [3.05, 3.63) is 83.9 Å². The van der Waals surface area contributed by atoms with Crippen LogP contribution in [0.3, 0.4) is 0 Å². The minimum atomic E-state index is -4.07. The van der Waals surface area contributed by atoms with E-state index in [0.29, 0.717) is 24.7 Å². The number of nitrogens with one attached hydrogen (secondary N) is 2. The van der Waals surface area contributed by atoms with E-state index in [1.165, 1.54) is 37.3 Å². The van der Waals surface area contributed by atoms with Gasteiger partial charge in [0.05, 0.1) is 22.2 Å². The largest absolute Gasteiger partial charge is 0.486 e. The van der Waals surface area contributed by atoms with E-state index < -0.39 is 28.0 Å². The zero-order valence-electron chi connectivity index (χ0n) is 19.8. The van der Waals surface area contributed by atoms with Crippen molar-refractivity contribution in [2.75, 3.05) is 17.9 Å². The molecule has 0 fully saturated rings. The lowest BCUT2D eigenvalue weighted by molar-refractivity contribution is -0.129. The number of para-hydroxylation sites is 1. The van der Waals surface area contributed by atoms with Crippen molar-refractivity contribution in [1.82, 2.24) is 5.32 Å². The summed E-state index contributed by atoms with van der Waals surface area (Å²) in [6.07, 6.45) is -1.11. The Morgan fingerprint density at radius 1 is 0.889 bits per heavy atom. The van der Waals surface area contributed by atoms with Crippen LogP contribution in [0.2, 0.25) is 0 Å². The fourth-order valence-corrected chi connectivity index (χ4v) is 4.67. The van der Waals surface area contributed by atoms with Gasteiger partial charge in [-0.05, 0) is 43.7 Å². The van der Waals surface area contributed by atoms with Gasteiger partial charge in [0, 0.05) is 6.07 Å². The van der Waals surface area contributed by atoms with E-state index in [1.807, 2.05) is 37.3 Å². The Labute approximate surface area is 209 Å². The topological polar surface area (TPSA) is 120 Å². The van der Waals surface area contributed by atoms with E-state index in [9.17, 15) is 18.0 Å². The predicted octanol–water partition coefficient (Wildman–Crippen LogP) is 3.68. The van der Waals surface area contributed by atoms with E-state index >= 15 is 0 Å². The standard InChI is InChI=1S/C26H26N2O7S/c1-17(19-8-4-3-5-9-19)27-25(29)18(2)35-26(30)21-10-6-7-11-22(21)28-36(31,32)20-12-13-23-24(16-20)34-15-14-33-23/h3-13,16-18,28H,14-15H2,1-2H3,(H,27,29)/t17-,18-/m0/s1. The SMILES string of the molecule is C[C@H](OC(=O)c1ccccc1NS(=O)(=O)c1ccc2c(c1)OCCO2)C(=O)N[C@@H](C)c1ccccc1. The molecule has 0 unspecified atom stereocenters. The van der Waals surface area contributed by atoms with Crippen LogP contribution in [-0.4, -0.2) is 39.6 Å². The molecule has 10 heteroatoms. The lowest BCUT2D eigenvalue weighted by Crippen LogP contribution is -2.37. The molecule has 1 amide bonds. The summed E-state index contributed by atoms with van der Waals surface area (Å²) in [5.74, 6) is -0.543. The van der Waals surface area contributed by atoms with Crippen LogP contribution >= 0.6 is 0 Å². The first-order chi connectivity index (χ1) is 17.2. The molecule has 3 aromatic rings.